The lowest BCUT2D eigenvalue weighted by atomic mass is 9.81. The molecule has 1 atom stereocenters. The number of ether oxygens (including phenoxy) is 1. The van der Waals surface area contributed by atoms with E-state index in [1.54, 1.807) is 0 Å². The van der Waals surface area contributed by atoms with Crippen molar-refractivity contribution in [3.63, 3.8) is 0 Å². The second-order valence-corrected chi connectivity index (χ2v) is 9.12. The molecular formula is C24H25ClFN3O6. The van der Waals surface area contributed by atoms with Crippen LogP contribution in [0.3, 0.4) is 0 Å². The summed E-state index contributed by atoms with van der Waals surface area (Å²) in [5.74, 6) is -5.20. The van der Waals surface area contributed by atoms with Gasteiger partial charge in [0.25, 0.3) is 11.8 Å². The van der Waals surface area contributed by atoms with Gasteiger partial charge in [-0.05, 0) is 42.5 Å². The number of benzene rings is 1. The summed E-state index contributed by atoms with van der Waals surface area (Å²) >= 11 is 5.85. The van der Waals surface area contributed by atoms with E-state index in [1.807, 2.05) is 0 Å². The molecule has 4 rings (SSSR count). The minimum Gasteiger partial charge on any atom is -0.469 e. The van der Waals surface area contributed by atoms with Crippen molar-refractivity contribution in [2.45, 2.75) is 32.2 Å². The molecule has 1 unspecified atom stereocenters. The van der Waals surface area contributed by atoms with E-state index in [9.17, 15) is 28.4 Å². The third-order valence-corrected chi connectivity index (χ3v) is 6.86. The molecule has 1 aromatic carbocycles. The molecule has 0 spiro atoms. The number of ketones is 1. The monoisotopic (exact) mass is 505 g/mol. The molecule has 0 radical (unpaired) electrons. The Bertz CT molecular complexity index is 1140. The minimum absolute atomic E-state index is 0.00586. The van der Waals surface area contributed by atoms with E-state index in [-0.39, 0.29) is 49.7 Å². The van der Waals surface area contributed by atoms with Gasteiger partial charge in [0.1, 0.15) is 17.4 Å². The summed E-state index contributed by atoms with van der Waals surface area (Å²) in [6.07, 6.45) is 1.39. The molecule has 2 fully saturated rings. The first kappa shape index (κ1) is 24.8. The highest BCUT2D eigenvalue weighted by Gasteiger charge is 2.50. The summed E-state index contributed by atoms with van der Waals surface area (Å²) < 4.78 is 18.2. The van der Waals surface area contributed by atoms with E-state index in [1.165, 1.54) is 40.0 Å². The van der Waals surface area contributed by atoms with Crippen molar-refractivity contribution >= 4 is 41.1 Å². The number of hydrogen-bond acceptors (Lipinski definition) is 6. The average molecular weight is 506 g/mol. The number of esters is 1. The molecule has 0 aromatic heterocycles. The normalized spacial score (nSPS) is 21.0. The van der Waals surface area contributed by atoms with Gasteiger partial charge in [-0.25, -0.2) is 4.39 Å². The lowest BCUT2D eigenvalue weighted by Gasteiger charge is -2.42. The van der Waals surface area contributed by atoms with Crippen LogP contribution in [0.25, 0.3) is 0 Å². The standard InChI is InChI=1S/C24H25ClFN3O6/c1-35-18(30)7-11-27-8-2-3-9-29-20(23(27)33)15-6-10-28(22(32)19(15)21(31)24(29)34)13-14-4-5-17(26)16(25)12-14/h4-5,12,19H,2-3,6-11,13H2,1H3. The number of Topliss-reactive ketones (excluding diaryl/α,β-unsaturated/α-hetero) is 1. The molecule has 1 aromatic rings. The van der Waals surface area contributed by atoms with Gasteiger partial charge in [0.15, 0.2) is 0 Å². The van der Waals surface area contributed by atoms with Crippen LogP contribution in [-0.2, 0) is 35.3 Å². The van der Waals surface area contributed by atoms with Gasteiger partial charge < -0.3 is 19.4 Å². The quantitative estimate of drug-likeness (QED) is 0.342. The molecule has 35 heavy (non-hydrogen) atoms. The molecule has 0 saturated carbocycles. The highest BCUT2D eigenvalue weighted by Crippen LogP contribution is 2.36. The van der Waals surface area contributed by atoms with Gasteiger partial charge in [0.05, 0.1) is 18.6 Å². The molecule has 186 valence electrons. The predicted octanol–water partition coefficient (Wildman–Crippen LogP) is 1.68. The van der Waals surface area contributed by atoms with Gasteiger partial charge in [-0.3, -0.25) is 24.0 Å². The van der Waals surface area contributed by atoms with E-state index in [0.717, 1.165) is 0 Å². The molecule has 3 heterocycles. The molecule has 3 aliphatic heterocycles. The topological polar surface area (TPSA) is 104 Å². The molecule has 9 nitrogen and oxygen atoms in total. The Hall–Kier alpha value is -3.27. The fraction of sp³-hybridized carbons (Fsp3) is 0.458. The second-order valence-electron chi connectivity index (χ2n) is 8.71. The Morgan fingerprint density at radius 1 is 1.09 bits per heavy atom. The summed E-state index contributed by atoms with van der Waals surface area (Å²) in [6, 6.07) is 4.10. The molecule has 11 heteroatoms. The molecule has 0 N–H and O–H groups in total. The second kappa shape index (κ2) is 10.2. The number of carbonyl (C=O) groups is 5. The number of rotatable bonds is 5. The third kappa shape index (κ3) is 4.80. The first-order valence-corrected chi connectivity index (χ1v) is 11.8. The number of piperidine rings is 1. The van der Waals surface area contributed by atoms with Crippen LogP contribution in [0.5, 0.6) is 0 Å². The van der Waals surface area contributed by atoms with Crippen LogP contribution in [0.1, 0.15) is 31.2 Å². The highest BCUT2D eigenvalue weighted by molar-refractivity contribution is 6.43. The number of methoxy groups -OCH3 is 1. The number of likely N-dealkylation sites (tertiary alicyclic amines) is 1. The van der Waals surface area contributed by atoms with Crippen molar-refractivity contribution < 1.29 is 33.1 Å². The SMILES string of the molecule is COC(=O)CCN1CCCCN2C(=O)C(=O)C3C(=O)N(Cc4ccc(F)c(Cl)c4)CCC3=C2C1=O. The summed E-state index contributed by atoms with van der Waals surface area (Å²) in [4.78, 5) is 68.6. The maximum atomic E-state index is 13.5. The van der Waals surface area contributed by atoms with Gasteiger partial charge in [0, 0.05) is 32.7 Å². The van der Waals surface area contributed by atoms with Gasteiger partial charge in [-0.2, -0.15) is 0 Å². The largest absolute Gasteiger partial charge is 0.469 e. The zero-order valence-electron chi connectivity index (χ0n) is 19.2. The van der Waals surface area contributed by atoms with Crippen LogP contribution >= 0.6 is 11.6 Å². The van der Waals surface area contributed by atoms with Crippen molar-refractivity contribution in [1.82, 2.24) is 14.7 Å². The van der Waals surface area contributed by atoms with Crippen LogP contribution in [0.15, 0.2) is 29.5 Å². The van der Waals surface area contributed by atoms with Gasteiger partial charge in [0.2, 0.25) is 11.7 Å². The number of fused-ring (bicyclic) bond motifs is 2. The van der Waals surface area contributed by atoms with Crippen molar-refractivity contribution in [2.75, 3.05) is 33.3 Å². The maximum absolute atomic E-state index is 13.5. The smallest absolute Gasteiger partial charge is 0.307 e. The summed E-state index contributed by atoms with van der Waals surface area (Å²) in [5.41, 5.74) is 0.984. The molecule has 3 amide bonds. The van der Waals surface area contributed by atoms with Crippen LogP contribution in [-0.4, -0.2) is 77.5 Å². The third-order valence-electron chi connectivity index (χ3n) is 6.57. The lowest BCUT2D eigenvalue weighted by Crippen LogP contribution is -2.57. The molecule has 0 bridgehead atoms. The van der Waals surface area contributed by atoms with E-state index < -0.39 is 41.2 Å². The van der Waals surface area contributed by atoms with Crippen molar-refractivity contribution in [2.24, 2.45) is 5.92 Å². The average Bonchev–Trinajstić information content (AvgIpc) is 2.83. The number of hydrogen-bond donors (Lipinski definition) is 0. The summed E-state index contributed by atoms with van der Waals surface area (Å²) in [6.45, 7) is 1.00. The first-order chi connectivity index (χ1) is 16.7. The van der Waals surface area contributed by atoms with E-state index in [2.05, 4.69) is 4.74 Å². The van der Waals surface area contributed by atoms with E-state index in [0.29, 0.717) is 30.5 Å². The van der Waals surface area contributed by atoms with Crippen LogP contribution < -0.4 is 0 Å². The minimum atomic E-state index is -1.37. The Balaban J connectivity index is 1.65. The zero-order chi connectivity index (χ0) is 25.3. The van der Waals surface area contributed by atoms with Crippen LogP contribution in [0.4, 0.5) is 4.39 Å². The fourth-order valence-electron chi connectivity index (χ4n) is 4.75. The Morgan fingerprint density at radius 3 is 2.54 bits per heavy atom. The lowest BCUT2D eigenvalue weighted by molar-refractivity contribution is -0.154. The molecule has 2 saturated heterocycles. The summed E-state index contributed by atoms with van der Waals surface area (Å²) in [7, 11) is 1.26. The number of halogens is 2. The zero-order valence-corrected chi connectivity index (χ0v) is 20.0. The Morgan fingerprint density at radius 2 is 1.83 bits per heavy atom. The van der Waals surface area contributed by atoms with Crippen LogP contribution in [0.2, 0.25) is 5.02 Å². The highest BCUT2D eigenvalue weighted by atomic mass is 35.5. The molecule has 3 aliphatic rings. The van der Waals surface area contributed by atoms with Crippen molar-refractivity contribution in [1.29, 1.82) is 0 Å². The van der Waals surface area contributed by atoms with Gasteiger partial charge in [-0.1, -0.05) is 17.7 Å². The Labute approximate surface area is 206 Å². The van der Waals surface area contributed by atoms with E-state index in [4.69, 9.17) is 11.6 Å². The molecular weight excluding hydrogens is 481 g/mol. The summed E-state index contributed by atoms with van der Waals surface area (Å²) in [5, 5.41) is -0.0820. The molecule has 0 aliphatic carbocycles. The predicted molar refractivity (Wildman–Crippen MR) is 121 cm³/mol. The maximum Gasteiger partial charge on any atom is 0.307 e. The van der Waals surface area contributed by atoms with Crippen LogP contribution in [0, 0.1) is 11.7 Å². The first-order valence-electron chi connectivity index (χ1n) is 11.4. The fourth-order valence-corrected chi connectivity index (χ4v) is 4.95. The van der Waals surface area contributed by atoms with Crippen molar-refractivity contribution in [3.05, 3.63) is 45.9 Å². The van der Waals surface area contributed by atoms with Gasteiger partial charge in [-0.15, -0.1) is 0 Å². The number of carbonyl (C=O) groups excluding carboxylic acids is 5. The van der Waals surface area contributed by atoms with Gasteiger partial charge >= 0.3 is 5.97 Å². The number of nitrogens with zero attached hydrogens (tertiary/aromatic N) is 3. The Kier molecular flexibility index (Phi) is 7.20. The van der Waals surface area contributed by atoms with E-state index >= 15 is 0 Å². The number of amides is 3. The van der Waals surface area contributed by atoms with Crippen molar-refractivity contribution in [3.8, 4) is 0 Å².